The van der Waals surface area contributed by atoms with E-state index in [0.29, 0.717) is 15.6 Å². The molecule has 0 fully saturated rings. The zero-order chi connectivity index (χ0) is 28.5. The van der Waals surface area contributed by atoms with Crippen LogP contribution in [-0.4, -0.2) is 27.6 Å². The second-order valence-corrected chi connectivity index (χ2v) is 12.2. The molecule has 3 rings (SSSR count). The number of ether oxygens (including phenoxy) is 1. The first-order valence-electron chi connectivity index (χ1n) is 12.0. The molecule has 0 radical (unpaired) electrons. The number of carbonyl (C=O) groups is 2. The largest absolute Gasteiger partial charge is 0.460 e. The van der Waals surface area contributed by atoms with Gasteiger partial charge in [0.15, 0.2) is 0 Å². The lowest BCUT2D eigenvalue weighted by Gasteiger charge is -2.33. The van der Waals surface area contributed by atoms with E-state index in [2.05, 4.69) is 10.3 Å². The Hall–Kier alpha value is -2.64. The summed E-state index contributed by atoms with van der Waals surface area (Å²) in [5, 5.41) is 16.1. The first kappa shape index (κ1) is 29.9. The van der Waals surface area contributed by atoms with Crippen LogP contribution < -0.4 is 5.32 Å². The third-order valence-corrected chi connectivity index (χ3v) is 6.61. The average molecular weight is 578 g/mol. The van der Waals surface area contributed by atoms with E-state index in [1.54, 1.807) is 84.0 Å². The number of esters is 1. The molecule has 38 heavy (non-hydrogen) atoms. The Labute approximate surface area is 238 Å². The number of halogens is 3. The molecule has 2 aromatic carbocycles. The van der Waals surface area contributed by atoms with Gasteiger partial charge in [-0.2, -0.15) is 0 Å². The summed E-state index contributed by atoms with van der Waals surface area (Å²) in [4.78, 5) is 30.9. The molecule has 1 atom stereocenters. The average Bonchev–Trinajstić information content (AvgIpc) is 2.78. The van der Waals surface area contributed by atoms with Gasteiger partial charge in [0, 0.05) is 33.3 Å². The van der Waals surface area contributed by atoms with Crippen LogP contribution >= 0.6 is 34.8 Å². The van der Waals surface area contributed by atoms with Gasteiger partial charge in [0.25, 0.3) is 0 Å². The van der Waals surface area contributed by atoms with Crippen molar-refractivity contribution < 1.29 is 19.4 Å². The van der Waals surface area contributed by atoms with Crippen LogP contribution in [0.1, 0.15) is 59.1 Å². The maximum Gasteiger partial charge on any atom is 0.309 e. The summed E-state index contributed by atoms with van der Waals surface area (Å²) >= 11 is 19.6. The summed E-state index contributed by atoms with van der Waals surface area (Å²) in [7, 11) is 0. The number of hydrogen-bond acceptors (Lipinski definition) is 5. The van der Waals surface area contributed by atoms with Crippen LogP contribution in [0.2, 0.25) is 15.1 Å². The molecule has 1 heterocycles. The van der Waals surface area contributed by atoms with Gasteiger partial charge in [-0.05, 0) is 45.0 Å². The minimum absolute atomic E-state index is 0.147. The highest BCUT2D eigenvalue weighted by Crippen LogP contribution is 2.46. The molecule has 1 aromatic heterocycles. The topological polar surface area (TPSA) is 88.5 Å². The van der Waals surface area contributed by atoms with Crippen molar-refractivity contribution in [2.75, 3.05) is 5.32 Å². The Kier molecular flexibility index (Phi) is 8.84. The SMILES string of the molecule is CC(C)(C)OC(=O)CC(O)(c1ccccc1Cl)c1ccnc(-c2c(Cl)cccc2Cl)c1NC(=O)C(C)(C)C. The molecule has 2 N–H and O–H groups in total. The van der Waals surface area contributed by atoms with Gasteiger partial charge in [-0.3, -0.25) is 14.6 Å². The molecule has 202 valence electrons. The lowest BCUT2D eigenvalue weighted by atomic mass is 9.81. The fourth-order valence-electron chi connectivity index (χ4n) is 3.87. The standard InChI is InChI=1S/C29H31Cl3N2O4/c1-27(2,3)26(36)34-24-18(14-15-33-25(24)23-20(31)12-9-13-21(23)32)29(37,16-22(35)38-28(4,5)6)17-10-7-8-11-19(17)30/h7-15,37H,16H2,1-6H3,(H,34,36). The Morgan fingerprint density at radius 2 is 1.45 bits per heavy atom. The van der Waals surface area contributed by atoms with Gasteiger partial charge < -0.3 is 15.2 Å². The molecule has 0 aliphatic heterocycles. The van der Waals surface area contributed by atoms with Crippen LogP contribution in [0.3, 0.4) is 0 Å². The highest BCUT2D eigenvalue weighted by molar-refractivity contribution is 6.39. The lowest BCUT2D eigenvalue weighted by Crippen LogP contribution is -2.36. The van der Waals surface area contributed by atoms with E-state index >= 15 is 0 Å². The fraction of sp³-hybridized carbons (Fsp3) is 0.345. The number of benzene rings is 2. The molecule has 0 aliphatic carbocycles. The number of nitrogens with zero attached hydrogens (tertiary/aromatic N) is 1. The predicted octanol–water partition coefficient (Wildman–Crippen LogP) is 7.66. The maximum atomic E-state index is 13.3. The molecular weight excluding hydrogens is 547 g/mol. The first-order valence-corrected chi connectivity index (χ1v) is 13.1. The number of pyridine rings is 1. The number of aliphatic hydroxyl groups is 1. The van der Waals surface area contributed by atoms with Crippen molar-refractivity contribution in [1.82, 2.24) is 4.98 Å². The van der Waals surface area contributed by atoms with Crippen LogP contribution in [0.5, 0.6) is 0 Å². The molecule has 0 saturated carbocycles. The van der Waals surface area contributed by atoms with Gasteiger partial charge >= 0.3 is 5.97 Å². The van der Waals surface area contributed by atoms with Crippen molar-refractivity contribution in [1.29, 1.82) is 0 Å². The van der Waals surface area contributed by atoms with E-state index in [9.17, 15) is 14.7 Å². The number of aromatic nitrogens is 1. The molecule has 0 aliphatic rings. The number of amides is 1. The smallest absolute Gasteiger partial charge is 0.309 e. The van der Waals surface area contributed by atoms with E-state index in [1.807, 2.05) is 0 Å². The summed E-state index contributed by atoms with van der Waals surface area (Å²) in [5.41, 5.74) is -2.46. The normalized spacial score (nSPS) is 13.5. The van der Waals surface area contributed by atoms with Crippen LogP contribution in [0.15, 0.2) is 54.7 Å². The Morgan fingerprint density at radius 1 is 0.868 bits per heavy atom. The van der Waals surface area contributed by atoms with Crippen molar-refractivity contribution in [3.63, 3.8) is 0 Å². The molecule has 3 aromatic rings. The van der Waals surface area contributed by atoms with E-state index in [1.165, 1.54) is 12.3 Å². The quantitative estimate of drug-likeness (QED) is 0.294. The first-order chi connectivity index (χ1) is 17.5. The lowest BCUT2D eigenvalue weighted by molar-refractivity contribution is -0.159. The molecule has 0 bridgehead atoms. The summed E-state index contributed by atoms with van der Waals surface area (Å²) in [6.07, 6.45) is 0.958. The molecular formula is C29H31Cl3N2O4. The fourth-order valence-corrected chi connectivity index (χ4v) is 4.73. The number of carbonyl (C=O) groups excluding carboxylic acids is 2. The van der Waals surface area contributed by atoms with Gasteiger partial charge in [-0.15, -0.1) is 0 Å². The third-order valence-electron chi connectivity index (χ3n) is 5.66. The van der Waals surface area contributed by atoms with Crippen LogP contribution in [0, 0.1) is 5.41 Å². The van der Waals surface area contributed by atoms with E-state index in [-0.39, 0.29) is 33.4 Å². The number of hydrogen-bond donors (Lipinski definition) is 2. The summed E-state index contributed by atoms with van der Waals surface area (Å²) in [5.74, 6) is -1.02. The van der Waals surface area contributed by atoms with Gasteiger partial charge in [0.2, 0.25) is 5.91 Å². The Morgan fingerprint density at radius 3 is 2.00 bits per heavy atom. The van der Waals surface area contributed by atoms with Crippen molar-refractivity contribution in [2.24, 2.45) is 5.41 Å². The molecule has 1 unspecified atom stereocenters. The zero-order valence-electron chi connectivity index (χ0n) is 22.2. The molecule has 9 heteroatoms. The summed E-state index contributed by atoms with van der Waals surface area (Å²) < 4.78 is 5.56. The molecule has 0 spiro atoms. The van der Waals surface area contributed by atoms with E-state index < -0.39 is 29.0 Å². The minimum atomic E-state index is -2.02. The number of rotatable bonds is 6. The van der Waals surface area contributed by atoms with Gasteiger partial charge in [0.05, 0.1) is 27.8 Å². The summed E-state index contributed by atoms with van der Waals surface area (Å²) in [6.45, 7) is 10.5. The minimum Gasteiger partial charge on any atom is -0.460 e. The van der Waals surface area contributed by atoms with Crippen molar-refractivity contribution in [3.05, 3.63) is 80.9 Å². The van der Waals surface area contributed by atoms with Gasteiger partial charge in [-0.1, -0.05) is 79.8 Å². The predicted molar refractivity (Wildman–Crippen MR) is 153 cm³/mol. The van der Waals surface area contributed by atoms with Crippen LogP contribution in [0.25, 0.3) is 11.3 Å². The number of nitrogens with one attached hydrogen (secondary N) is 1. The van der Waals surface area contributed by atoms with Crippen LogP contribution in [-0.2, 0) is 19.9 Å². The highest BCUT2D eigenvalue weighted by Gasteiger charge is 2.41. The molecule has 0 saturated heterocycles. The van der Waals surface area contributed by atoms with Crippen LogP contribution in [0.4, 0.5) is 5.69 Å². The molecule has 6 nitrogen and oxygen atoms in total. The van der Waals surface area contributed by atoms with E-state index in [4.69, 9.17) is 39.5 Å². The second-order valence-electron chi connectivity index (χ2n) is 11.0. The second kappa shape index (κ2) is 11.2. The van der Waals surface area contributed by atoms with E-state index in [0.717, 1.165) is 0 Å². The van der Waals surface area contributed by atoms with Crippen molar-refractivity contribution in [3.8, 4) is 11.3 Å². The van der Waals surface area contributed by atoms with Gasteiger partial charge in [0.1, 0.15) is 11.2 Å². The number of anilines is 1. The zero-order valence-corrected chi connectivity index (χ0v) is 24.4. The molecule has 1 amide bonds. The Bertz CT molecular complexity index is 1340. The highest BCUT2D eigenvalue weighted by atomic mass is 35.5. The van der Waals surface area contributed by atoms with Gasteiger partial charge in [-0.25, -0.2) is 0 Å². The Balaban J connectivity index is 2.38. The third kappa shape index (κ3) is 6.67. The monoisotopic (exact) mass is 576 g/mol. The maximum absolute atomic E-state index is 13.3. The summed E-state index contributed by atoms with van der Waals surface area (Å²) in [6, 6.07) is 13.1. The van der Waals surface area contributed by atoms with Crippen molar-refractivity contribution in [2.45, 2.75) is 59.2 Å². The van der Waals surface area contributed by atoms with Crippen molar-refractivity contribution >= 4 is 52.4 Å².